The Bertz CT molecular complexity index is 869. The van der Waals surface area contributed by atoms with Crippen LogP contribution < -0.4 is 10.5 Å². The molecule has 0 aromatic heterocycles. The molecule has 1 saturated heterocycles. The van der Waals surface area contributed by atoms with Gasteiger partial charge in [-0.1, -0.05) is 25.1 Å². The van der Waals surface area contributed by atoms with Gasteiger partial charge in [-0.3, -0.25) is 4.90 Å². The van der Waals surface area contributed by atoms with Gasteiger partial charge in [0.2, 0.25) is 0 Å². The number of ether oxygens (including phenoxy) is 2. The van der Waals surface area contributed by atoms with E-state index in [1.165, 1.54) is 11.1 Å². The van der Waals surface area contributed by atoms with E-state index in [9.17, 15) is 5.11 Å². The third-order valence-corrected chi connectivity index (χ3v) is 8.48. The summed E-state index contributed by atoms with van der Waals surface area (Å²) in [6.07, 6.45) is 8.55. The van der Waals surface area contributed by atoms with E-state index in [1.807, 2.05) is 0 Å². The second kappa shape index (κ2) is 4.88. The maximum Gasteiger partial charge on any atom is 0.165 e. The zero-order valence-corrected chi connectivity index (χ0v) is 16.1. The fourth-order valence-corrected chi connectivity index (χ4v) is 7.54. The summed E-state index contributed by atoms with van der Waals surface area (Å²) >= 11 is 0. The number of hydrogen-bond acceptors (Lipinski definition) is 5. The fourth-order valence-electron chi connectivity index (χ4n) is 7.54. The Balaban J connectivity index is 1.68. The molecule has 1 saturated carbocycles. The Morgan fingerprint density at radius 3 is 2.96 bits per heavy atom. The van der Waals surface area contributed by atoms with Gasteiger partial charge in [0.05, 0.1) is 5.41 Å². The molecule has 4 bridgehead atoms. The van der Waals surface area contributed by atoms with Crippen LogP contribution in [-0.4, -0.2) is 54.0 Å². The largest absolute Gasteiger partial charge is 0.504 e. The summed E-state index contributed by atoms with van der Waals surface area (Å²) in [5, 5.41) is 10.6. The minimum Gasteiger partial charge on any atom is -0.504 e. The van der Waals surface area contributed by atoms with Gasteiger partial charge in [0, 0.05) is 30.2 Å². The second-order valence-corrected chi connectivity index (χ2v) is 9.17. The van der Waals surface area contributed by atoms with Crippen LogP contribution in [0.15, 0.2) is 24.3 Å². The van der Waals surface area contributed by atoms with E-state index in [4.69, 9.17) is 15.2 Å². The van der Waals surface area contributed by atoms with Crippen molar-refractivity contribution in [1.82, 2.24) is 4.90 Å². The first-order chi connectivity index (χ1) is 13.0. The summed E-state index contributed by atoms with van der Waals surface area (Å²) in [6.45, 7) is 4.44. The van der Waals surface area contributed by atoms with Gasteiger partial charge in [0.15, 0.2) is 11.5 Å². The number of methoxy groups -OCH3 is 1. The molecule has 6 atom stereocenters. The molecule has 2 spiro atoms. The number of benzene rings is 1. The van der Waals surface area contributed by atoms with Gasteiger partial charge in [0.25, 0.3) is 0 Å². The van der Waals surface area contributed by atoms with Crippen LogP contribution in [0.2, 0.25) is 0 Å². The Labute approximate surface area is 160 Å². The Morgan fingerprint density at radius 2 is 2.22 bits per heavy atom. The van der Waals surface area contributed by atoms with E-state index < -0.39 is 5.60 Å². The van der Waals surface area contributed by atoms with Crippen molar-refractivity contribution >= 4 is 0 Å². The van der Waals surface area contributed by atoms with Crippen molar-refractivity contribution in [2.75, 3.05) is 20.2 Å². The van der Waals surface area contributed by atoms with Crippen LogP contribution in [0.25, 0.3) is 0 Å². The van der Waals surface area contributed by atoms with E-state index in [1.54, 1.807) is 13.2 Å². The second-order valence-electron chi connectivity index (χ2n) is 9.17. The van der Waals surface area contributed by atoms with Crippen molar-refractivity contribution in [3.8, 4) is 11.5 Å². The van der Waals surface area contributed by atoms with Crippen LogP contribution in [0, 0.1) is 5.41 Å². The van der Waals surface area contributed by atoms with Crippen LogP contribution in [0.1, 0.15) is 37.3 Å². The Kier molecular flexibility index (Phi) is 2.97. The number of phenolic OH excluding ortho intramolecular Hbond substituents is 1. The fraction of sp³-hybridized carbons (Fsp3) is 0.636. The molecular weight excluding hydrogens is 340 g/mol. The molecule has 3 N–H and O–H groups in total. The highest BCUT2D eigenvalue weighted by Gasteiger charge is 2.78. The van der Waals surface area contributed by atoms with Crippen molar-refractivity contribution in [2.45, 2.75) is 61.8 Å². The van der Waals surface area contributed by atoms with Gasteiger partial charge in [0.1, 0.15) is 11.7 Å². The van der Waals surface area contributed by atoms with E-state index in [-0.39, 0.29) is 28.7 Å². The monoisotopic (exact) mass is 368 g/mol. The first-order valence-electron chi connectivity index (χ1n) is 10.3. The smallest absolute Gasteiger partial charge is 0.165 e. The highest BCUT2D eigenvalue weighted by atomic mass is 16.6. The van der Waals surface area contributed by atoms with E-state index >= 15 is 0 Å². The molecule has 2 heterocycles. The standard InChI is InChI=1S/C22H28N2O3/c1-3-9-24-10-8-21-17-13-4-5-14(25)18(17)27-19(21)22(26-2)7-6-20(21,12-15(22)23)16(24)11-13/h4-7,15-16,19,25H,3,8-12,23H2,1-2H3/t15?,16-,19-,20-,21+,22?/m1/s1. The molecule has 2 aliphatic heterocycles. The predicted molar refractivity (Wildman–Crippen MR) is 102 cm³/mol. The average Bonchev–Trinajstić information content (AvgIpc) is 3.03. The number of nitrogens with zero attached hydrogens (tertiary/aromatic N) is 1. The molecule has 7 rings (SSSR count). The molecule has 6 aliphatic rings. The zero-order chi connectivity index (χ0) is 18.6. The van der Waals surface area contributed by atoms with Gasteiger partial charge in [-0.15, -0.1) is 0 Å². The van der Waals surface area contributed by atoms with Crippen molar-refractivity contribution in [3.63, 3.8) is 0 Å². The molecular formula is C22H28N2O3. The molecule has 2 unspecified atom stereocenters. The highest BCUT2D eigenvalue weighted by molar-refractivity contribution is 5.65. The minimum atomic E-state index is -0.626. The molecule has 5 nitrogen and oxygen atoms in total. The van der Waals surface area contributed by atoms with Gasteiger partial charge in [-0.25, -0.2) is 0 Å². The Hall–Kier alpha value is -1.56. The molecule has 0 amide bonds. The summed E-state index contributed by atoms with van der Waals surface area (Å²) in [4.78, 5) is 2.68. The lowest BCUT2D eigenvalue weighted by atomic mass is 9.38. The lowest BCUT2D eigenvalue weighted by Crippen LogP contribution is -2.81. The summed E-state index contributed by atoms with van der Waals surface area (Å²) in [5.41, 5.74) is 8.52. The third kappa shape index (κ3) is 1.50. The number of aromatic hydroxyl groups is 1. The van der Waals surface area contributed by atoms with E-state index in [0.29, 0.717) is 11.8 Å². The van der Waals surface area contributed by atoms with Crippen LogP contribution in [0.3, 0.4) is 0 Å². The summed E-state index contributed by atoms with van der Waals surface area (Å²) < 4.78 is 12.7. The van der Waals surface area contributed by atoms with Gasteiger partial charge < -0.3 is 20.3 Å². The third-order valence-electron chi connectivity index (χ3n) is 8.48. The molecule has 0 radical (unpaired) electrons. The van der Waals surface area contributed by atoms with E-state index in [2.05, 4.69) is 30.0 Å². The first-order valence-corrected chi connectivity index (χ1v) is 10.3. The molecule has 4 aliphatic carbocycles. The quantitative estimate of drug-likeness (QED) is 0.800. The first kappa shape index (κ1) is 16.4. The zero-order valence-electron chi connectivity index (χ0n) is 16.1. The lowest BCUT2D eigenvalue weighted by molar-refractivity contribution is -0.197. The number of rotatable bonds is 3. The Morgan fingerprint density at radius 1 is 1.37 bits per heavy atom. The summed E-state index contributed by atoms with van der Waals surface area (Å²) in [7, 11) is 1.75. The number of likely N-dealkylation sites (tertiary alicyclic amines) is 1. The number of nitrogens with two attached hydrogens (primary N) is 1. The molecule has 1 aromatic rings. The minimum absolute atomic E-state index is 0.0448. The maximum atomic E-state index is 10.6. The van der Waals surface area contributed by atoms with Crippen molar-refractivity contribution in [3.05, 3.63) is 35.4 Å². The van der Waals surface area contributed by atoms with Gasteiger partial charge in [-0.05, 0) is 50.4 Å². The average molecular weight is 368 g/mol. The molecule has 2 fully saturated rings. The number of hydrogen-bond donors (Lipinski definition) is 2. The number of phenols is 1. The molecule has 5 heteroatoms. The van der Waals surface area contributed by atoms with Crippen molar-refractivity contribution in [1.29, 1.82) is 0 Å². The predicted octanol–water partition coefficient (Wildman–Crippen LogP) is 2.10. The van der Waals surface area contributed by atoms with E-state index in [0.717, 1.165) is 38.8 Å². The summed E-state index contributed by atoms with van der Waals surface area (Å²) in [5.74, 6) is 0.935. The van der Waals surface area contributed by atoms with Crippen LogP contribution >= 0.6 is 0 Å². The lowest BCUT2D eigenvalue weighted by Gasteiger charge is -2.71. The summed E-state index contributed by atoms with van der Waals surface area (Å²) in [6, 6.07) is 4.24. The SMILES string of the molecule is CCCN1CC[C@]23c4c5ccc(O)c4O[C@H]2C2(OC)C=C[C@@]3(CC2N)[C@H]1C5. The van der Waals surface area contributed by atoms with Gasteiger partial charge in [-0.2, -0.15) is 0 Å². The molecule has 27 heavy (non-hydrogen) atoms. The van der Waals surface area contributed by atoms with Gasteiger partial charge >= 0.3 is 0 Å². The number of fused-ring (bicyclic) bond motifs is 1. The normalized spacial score (nSPS) is 45.7. The highest BCUT2D eigenvalue weighted by Crippen LogP contribution is 2.73. The van der Waals surface area contributed by atoms with Crippen molar-refractivity contribution in [2.24, 2.45) is 11.1 Å². The molecule has 1 aromatic carbocycles. The van der Waals surface area contributed by atoms with Crippen LogP contribution in [0.5, 0.6) is 11.5 Å². The van der Waals surface area contributed by atoms with Crippen molar-refractivity contribution < 1.29 is 14.6 Å². The van der Waals surface area contributed by atoms with Crippen LogP contribution in [0.4, 0.5) is 0 Å². The number of piperidine rings is 1. The maximum absolute atomic E-state index is 10.6. The van der Waals surface area contributed by atoms with Crippen LogP contribution in [-0.2, 0) is 16.6 Å². The topological polar surface area (TPSA) is 68.0 Å². The molecule has 144 valence electrons.